The van der Waals surface area contributed by atoms with Gasteiger partial charge in [-0.05, 0) is 38.3 Å². The summed E-state index contributed by atoms with van der Waals surface area (Å²) in [6, 6.07) is 0. The standard InChI is InChI=1S/C9H8Br2N2O/c1-2-3-4-5-13-9(14)8(11)7(10)6-12-13/h1,6H,3-5H2. The molecule has 0 aromatic carbocycles. The SMILES string of the molecule is C#CCCCn1ncc(Br)c(Br)c1=O. The van der Waals surface area contributed by atoms with E-state index in [1.165, 1.54) is 4.68 Å². The Kier molecular flexibility index (Phi) is 4.36. The third-order valence-electron chi connectivity index (χ3n) is 1.63. The van der Waals surface area contributed by atoms with E-state index in [2.05, 4.69) is 42.9 Å². The van der Waals surface area contributed by atoms with E-state index in [0.717, 1.165) is 6.42 Å². The van der Waals surface area contributed by atoms with Crippen LogP contribution in [-0.4, -0.2) is 9.78 Å². The number of unbranched alkanes of at least 4 members (excludes halogenated alkanes) is 1. The molecule has 1 heterocycles. The van der Waals surface area contributed by atoms with Gasteiger partial charge in [0.15, 0.2) is 0 Å². The smallest absolute Gasteiger partial charge is 0.266 e. The van der Waals surface area contributed by atoms with Crippen LogP contribution in [0.2, 0.25) is 0 Å². The normalized spacial score (nSPS) is 9.79. The van der Waals surface area contributed by atoms with Gasteiger partial charge in [0.25, 0.3) is 5.56 Å². The van der Waals surface area contributed by atoms with Gasteiger partial charge in [-0.25, -0.2) is 4.68 Å². The van der Waals surface area contributed by atoms with Crippen LogP contribution in [0, 0.1) is 12.3 Å². The van der Waals surface area contributed by atoms with Gasteiger partial charge in [0.2, 0.25) is 0 Å². The molecular formula is C9H8Br2N2O. The van der Waals surface area contributed by atoms with E-state index in [-0.39, 0.29) is 5.56 Å². The van der Waals surface area contributed by atoms with Crippen LogP contribution in [0.4, 0.5) is 0 Å². The lowest BCUT2D eigenvalue weighted by molar-refractivity contribution is 0.551. The highest BCUT2D eigenvalue weighted by atomic mass is 79.9. The molecule has 5 heteroatoms. The van der Waals surface area contributed by atoms with E-state index >= 15 is 0 Å². The van der Waals surface area contributed by atoms with Gasteiger partial charge in [-0.3, -0.25) is 4.79 Å². The number of aryl methyl sites for hydroxylation is 1. The minimum atomic E-state index is -0.142. The number of hydrogen-bond donors (Lipinski definition) is 0. The average Bonchev–Trinajstić information content (AvgIpc) is 2.18. The van der Waals surface area contributed by atoms with Gasteiger partial charge >= 0.3 is 0 Å². The minimum absolute atomic E-state index is 0.142. The summed E-state index contributed by atoms with van der Waals surface area (Å²) in [5.41, 5.74) is -0.142. The Morgan fingerprint density at radius 3 is 2.93 bits per heavy atom. The third kappa shape index (κ3) is 2.69. The molecule has 0 fully saturated rings. The van der Waals surface area contributed by atoms with Crippen molar-refractivity contribution in [1.82, 2.24) is 9.78 Å². The lowest BCUT2D eigenvalue weighted by Gasteiger charge is -2.03. The Balaban J connectivity index is 2.85. The average molecular weight is 320 g/mol. The lowest BCUT2D eigenvalue weighted by Crippen LogP contribution is -2.23. The van der Waals surface area contributed by atoms with Gasteiger partial charge in [-0.2, -0.15) is 5.10 Å². The number of nitrogens with zero attached hydrogens (tertiary/aromatic N) is 2. The Bertz CT molecular complexity index is 420. The fourth-order valence-corrected chi connectivity index (χ4v) is 1.50. The van der Waals surface area contributed by atoms with Crippen LogP contribution in [0.15, 0.2) is 19.9 Å². The zero-order chi connectivity index (χ0) is 10.6. The van der Waals surface area contributed by atoms with Crippen LogP contribution >= 0.6 is 31.9 Å². The molecule has 0 aliphatic carbocycles. The summed E-state index contributed by atoms with van der Waals surface area (Å²) < 4.78 is 2.55. The van der Waals surface area contributed by atoms with E-state index in [0.29, 0.717) is 21.9 Å². The molecular weight excluding hydrogens is 312 g/mol. The molecule has 0 aliphatic heterocycles. The summed E-state index contributed by atoms with van der Waals surface area (Å²) in [4.78, 5) is 11.6. The highest BCUT2D eigenvalue weighted by molar-refractivity contribution is 9.13. The maximum Gasteiger partial charge on any atom is 0.282 e. The Morgan fingerprint density at radius 1 is 1.57 bits per heavy atom. The molecule has 0 saturated heterocycles. The van der Waals surface area contributed by atoms with Crippen LogP contribution in [0.25, 0.3) is 0 Å². The van der Waals surface area contributed by atoms with E-state index in [9.17, 15) is 4.79 Å². The van der Waals surface area contributed by atoms with Crippen molar-refractivity contribution < 1.29 is 0 Å². The second-order valence-electron chi connectivity index (χ2n) is 2.64. The first-order valence-corrected chi connectivity index (χ1v) is 5.60. The zero-order valence-corrected chi connectivity index (χ0v) is 10.5. The maximum absolute atomic E-state index is 11.6. The fourth-order valence-electron chi connectivity index (χ4n) is 0.935. The maximum atomic E-state index is 11.6. The monoisotopic (exact) mass is 318 g/mol. The Morgan fingerprint density at radius 2 is 2.29 bits per heavy atom. The summed E-state index contributed by atoms with van der Waals surface area (Å²) in [7, 11) is 0. The first-order valence-electron chi connectivity index (χ1n) is 4.01. The zero-order valence-electron chi connectivity index (χ0n) is 7.33. The van der Waals surface area contributed by atoms with Crippen molar-refractivity contribution in [3.8, 4) is 12.3 Å². The van der Waals surface area contributed by atoms with Crippen molar-refractivity contribution in [1.29, 1.82) is 0 Å². The molecule has 3 nitrogen and oxygen atoms in total. The number of rotatable bonds is 3. The van der Waals surface area contributed by atoms with Crippen molar-refractivity contribution in [3.63, 3.8) is 0 Å². The first kappa shape index (κ1) is 11.5. The van der Waals surface area contributed by atoms with Crippen molar-refractivity contribution >= 4 is 31.9 Å². The van der Waals surface area contributed by atoms with E-state index in [4.69, 9.17) is 6.42 Å². The number of aromatic nitrogens is 2. The molecule has 0 atom stereocenters. The van der Waals surface area contributed by atoms with Crippen LogP contribution in [0.1, 0.15) is 12.8 Å². The van der Waals surface area contributed by atoms with Gasteiger partial charge in [-0.1, -0.05) is 0 Å². The molecule has 1 aromatic heterocycles. The minimum Gasteiger partial charge on any atom is -0.266 e. The number of hydrogen-bond acceptors (Lipinski definition) is 2. The van der Waals surface area contributed by atoms with Gasteiger partial charge in [0, 0.05) is 13.0 Å². The van der Waals surface area contributed by atoms with E-state index < -0.39 is 0 Å². The largest absolute Gasteiger partial charge is 0.282 e. The van der Waals surface area contributed by atoms with E-state index in [1.54, 1.807) is 6.20 Å². The van der Waals surface area contributed by atoms with Crippen molar-refractivity contribution in [2.45, 2.75) is 19.4 Å². The quantitative estimate of drug-likeness (QED) is 0.632. The second-order valence-corrected chi connectivity index (χ2v) is 4.29. The number of terminal acetylenes is 1. The summed E-state index contributed by atoms with van der Waals surface area (Å²) >= 11 is 6.39. The van der Waals surface area contributed by atoms with Crippen LogP contribution in [0.5, 0.6) is 0 Å². The lowest BCUT2D eigenvalue weighted by atomic mass is 10.3. The van der Waals surface area contributed by atoms with Gasteiger partial charge in [0.05, 0.1) is 10.7 Å². The predicted molar refractivity (Wildman–Crippen MR) is 62.0 cm³/mol. The van der Waals surface area contributed by atoms with Crippen molar-refractivity contribution in [2.75, 3.05) is 0 Å². The summed E-state index contributed by atoms with van der Waals surface area (Å²) in [5.74, 6) is 2.52. The summed E-state index contributed by atoms with van der Waals surface area (Å²) in [6.07, 6.45) is 8.11. The topological polar surface area (TPSA) is 34.9 Å². The molecule has 0 aliphatic rings. The van der Waals surface area contributed by atoms with Gasteiger partial charge in [-0.15, -0.1) is 12.3 Å². The fraction of sp³-hybridized carbons (Fsp3) is 0.333. The molecule has 74 valence electrons. The van der Waals surface area contributed by atoms with Gasteiger partial charge in [0.1, 0.15) is 4.47 Å². The molecule has 14 heavy (non-hydrogen) atoms. The predicted octanol–water partition coefficient (Wildman–Crippen LogP) is 2.18. The van der Waals surface area contributed by atoms with E-state index in [1.807, 2.05) is 0 Å². The highest BCUT2D eigenvalue weighted by Gasteiger charge is 2.05. The summed E-state index contributed by atoms with van der Waals surface area (Å²) in [6.45, 7) is 0.551. The van der Waals surface area contributed by atoms with Crippen molar-refractivity contribution in [3.05, 3.63) is 25.5 Å². The first-order chi connectivity index (χ1) is 6.66. The Hall–Kier alpha value is -0.600. The number of halogens is 2. The van der Waals surface area contributed by atoms with Crippen LogP contribution < -0.4 is 5.56 Å². The third-order valence-corrected chi connectivity index (χ3v) is 3.53. The highest BCUT2D eigenvalue weighted by Crippen LogP contribution is 2.16. The molecule has 0 N–H and O–H groups in total. The summed E-state index contributed by atoms with van der Waals surface area (Å²) in [5, 5.41) is 3.97. The van der Waals surface area contributed by atoms with Crippen LogP contribution in [0.3, 0.4) is 0 Å². The molecule has 0 amide bonds. The van der Waals surface area contributed by atoms with Gasteiger partial charge < -0.3 is 0 Å². The van der Waals surface area contributed by atoms with Crippen molar-refractivity contribution in [2.24, 2.45) is 0 Å². The van der Waals surface area contributed by atoms with Crippen LogP contribution in [-0.2, 0) is 6.54 Å². The molecule has 0 radical (unpaired) electrons. The molecule has 0 bridgehead atoms. The Labute approximate surface area is 98.8 Å². The molecule has 1 aromatic rings. The second kappa shape index (κ2) is 5.32. The molecule has 1 rings (SSSR count). The molecule has 0 saturated carbocycles. The molecule has 0 unspecified atom stereocenters. The molecule has 0 spiro atoms.